The quantitative estimate of drug-likeness (QED) is 0.642. The molecule has 0 saturated carbocycles. The lowest BCUT2D eigenvalue weighted by molar-refractivity contribution is -0.141. The van der Waals surface area contributed by atoms with Crippen LogP contribution in [0, 0.1) is 5.82 Å². The second-order valence-corrected chi connectivity index (χ2v) is 4.26. The average molecular weight is 294 g/mol. The second kappa shape index (κ2) is 7.78. The van der Waals surface area contributed by atoms with E-state index in [1.165, 1.54) is 24.3 Å². The van der Waals surface area contributed by atoms with Gasteiger partial charge >= 0.3 is 5.97 Å². The van der Waals surface area contributed by atoms with E-state index < -0.39 is 29.6 Å². The molecule has 1 rings (SSSR count). The van der Waals surface area contributed by atoms with Gasteiger partial charge in [0.15, 0.2) is 0 Å². The number of primary amides is 1. The minimum atomic E-state index is -1.27. The van der Waals surface area contributed by atoms with Gasteiger partial charge in [-0.3, -0.25) is 9.59 Å². The van der Waals surface area contributed by atoms with Gasteiger partial charge in [-0.2, -0.15) is 0 Å². The highest BCUT2D eigenvalue weighted by atomic mass is 19.1. The Morgan fingerprint density at radius 1 is 1.33 bits per heavy atom. The van der Waals surface area contributed by atoms with Crippen molar-refractivity contribution in [2.75, 3.05) is 0 Å². The van der Waals surface area contributed by atoms with E-state index in [9.17, 15) is 18.8 Å². The zero-order valence-electron chi connectivity index (χ0n) is 11.1. The summed E-state index contributed by atoms with van der Waals surface area (Å²) in [4.78, 5) is 33.1. The number of hydrogen-bond acceptors (Lipinski definition) is 3. The fourth-order valence-electron chi connectivity index (χ4n) is 1.54. The SMILES string of the molecule is NC(=O)CCC(NC(=O)/C=C/c1ccccc1F)C(=O)O. The second-order valence-electron chi connectivity index (χ2n) is 4.26. The molecular formula is C14H15FN2O4. The first-order chi connectivity index (χ1) is 9.90. The molecule has 0 radical (unpaired) electrons. The topological polar surface area (TPSA) is 109 Å². The summed E-state index contributed by atoms with van der Waals surface area (Å²) < 4.78 is 13.3. The number of amides is 2. The minimum absolute atomic E-state index is 0.107. The molecule has 6 nitrogen and oxygen atoms in total. The van der Waals surface area contributed by atoms with Gasteiger partial charge in [-0.25, -0.2) is 9.18 Å². The van der Waals surface area contributed by atoms with Gasteiger partial charge in [-0.05, 0) is 18.6 Å². The van der Waals surface area contributed by atoms with Crippen LogP contribution in [0.4, 0.5) is 4.39 Å². The van der Waals surface area contributed by atoms with Crippen LogP contribution in [0.5, 0.6) is 0 Å². The lowest BCUT2D eigenvalue weighted by atomic mass is 10.1. The maximum absolute atomic E-state index is 13.3. The highest BCUT2D eigenvalue weighted by molar-refractivity contribution is 5.94. The van der Waals surface area contributed by atoms with Crippen molar-refractivity contribution in [1.29, 1.82) is 0 Å². The van der Waals surface area contributed by atoms with Crippen molar-refractivity contribution in [3.05, 3.63) is 41.7 Å². The summed E-state index contributed by atoms with van der Waals surface area (Å²) in [6.45, 7) is 0. The van der Waals surface area contributed by atoms with E-state index in [-0.39, 0.29) is 18.4 Å². The Balaban J connectivity index is 2.64. The van der Waals surface area contributed by atoms with Crippen molar-refractivity contribution in [3.63, 3.8) is 0 Å². The molecule has 0 fully saturated rings. The third-order valence-corrected chi connectivity index (χ3v) is 2.61. The largest absolute Gasteiger partial charge is 0.480 e. The van der Waals surface area contributed by atoms with E-state index in [2.05, 4.69) is 5.32 Å². The van der Waals surface area contributed by atoms with Crippen LogP contribution in [0.15, 0.2) is 30.3 Å². The number of aliphatic carboxylic acids is 1. The van der Waals surface area contributed by atoms with Crippen molar-refractivity contribution in [2.45, 2.75) is 18.9 Å². The summed E-state index contributed by atoms with van der Waals surface area (Å²) in [5.41, 5.74) is 5.13. The fraction of sp³-hybridized carbons (Fsp3) is 0.214. The highest BCUT2D eigenvalue weighted by Crippen LogP contribution is 2.08. The summed E-state index contributed by atoms with van der Waals surface area (Å²) in [7, 11) is 0. The van der Waals surface area contributed by atoms with Gasteiger partial charge in [-0.15, -0.1) is 0 Å². The molecule has 0 heterocycles. The van der Waals surface area contributed by atoms with Crippen molar-refractivity contribution >= 4 is 23.9 Å². The van der Waals surface area contributed by atoms with Crippen molar-refractivity contribution < 1.29 is 23.9 Å². The molecular weight excluding hydrogens is 279 g/mol. The Morgan fingerprint density at radius 3 is 2.57 bits per heavy atom. The number of halogens is 1. The first-order valence-corrected chi connectivity index (χ1v) is 6.14. The van der Waals surface area contributed by atoms with Crippen LogP contribution in [0.25, 0.3) is 6.08 Å². The molecule has 1 atom stereocenters. The van der Waals surface area contributed by atoms with Crippen LogP contribution in [0.3, 0.4) is 0 Å². The molecule has 0 bridgehead atoms. The van der Waals surface area contributed by atoms with Crippen LogP contribution in [0.1, 0.15) is 18.4 Å². The van der Waals surface area contributed by atoms with E-state index in [0.29, 0.717) is 0 Å². The normalized spacial score (nSPS) is 12.0. The Labute approximate surface area is 120 Å². The fourth-order valence-corrected chi connectivity index (χ4v) is 1.54. The lowest BCUT2D eigenvalue weighted by Crippen LogP contribution is -2.40. The highest BCUT2D eigenvalue weighted by Gasteiger charge is 2.19. The summed E-state index contributed by atoms with van der Waals surface area (Å²) >= 11 is 0. The molecule has 1 aromatic rings. The molecule has 7 heteroatoms. The number of rotatable bonds is 7. The van der Waals surface area contributed by atoms with Crippen molar-refractivity contribution in [1.82, 2.24) is 5.32 Å². The van der Waals surface area contributed by atoms with Crippen LogP contribution >= 0.6 is 0 Å². The zero-order valence-corrected chi connectivity index (χ0v) is 11.1. The molecule has 2 amide bonds. The number of carboxylic acid groups (broad SMARTS) is 1. The molecule has 0 aliphatic heterocycles. The third-order valence-electron chi connectivity index (χ3n) is 2.61. The molecule has 4 N–H and O–H groups in total. The van der Waals surface area contributed by atoms with Crippen molar-refractivity contribution in [2.24, 2.45) is 5.73 Å². The summed E-state index contributed by atoms with van der Waals surface area (Å²) in [6.07, 6.45) is 1.99. The molecule has 0 aliphatic carbocycles. The number of nitrogens with one attached hydrogen (secondary N) is 1. The molecule has 0 spiro atoms. The van der Waals surface area contributed by atoms with E-state index in [0.717, 1.165) is 6.08 Å². The maximum Gasteiger partial charge on any atom is 0.326 e. The van der Waals surface area contributed by atoms with Gasteiger partial charge < -0.3 is 16.2 Å². The van der Waals surface area contributed by atoms with Gasteiger partial charge in [-0.1, -0.05) is 18.2 Å². The molecule has 112 valence electrons. The van der Waals surface area contributed by atoms with Gasteiger partial charge in [0.05, 0.1) is 0 Å². The Morgan fingerprint density at radius 2 is 2.00 bits per heavy atom. The average Bonchev–Trinajstić information content (AvgIpc) is 2.42. The molecule has 1 aromatic carbocycles. The number of carbonyl (C=O) groups is 3. The van der Waals surface area contributed by atoms with E-state index >= 15 is 0 Å². The van der Waals surface area contributed by atoms with Gasteiger partial charge in [0.2, 0.25) is 11.8 Å². The van der Waals surface area contributed by atoms with Crippen LogP contribution in [-0.4, -0.2) is 28.9 Å². The predicted molar refractivity (Wildman–Crippen MR) is 73.4 cm³/mol. The number of carboxylic acids is 1. The maximum atomic E-state index is 13.3. The van der Waals surface area contributed by atoms with E-state index in [4.69, 9.17) is 10.8 Å². The Hall–Kier alpha value is -2.70. The molecule has 0 aromatic heterocycles. The monoisotopic (exact) mass is 294 g/mol. The molecule has 0 saturated heterocycles. The summed E-state index contributed by atoms with van der Waals surface area (Å²) in [5.74, 6) is -3.12. The first kappa shape index (κ1) is 16.4. The zero-order chi connectivity index (χ0) is 15.8. The molecule has 0 aliphatic rings. The van der Waals surface area contributed by atoms with Crippen molar-refractivity contribution in [3.8, 4) is 0 Å². The number of nitrogens with two attached hydrogens (primary N) is 1. The van der Waals surface area contributed by atoms with E-state index in [1.54, 1.807) is 6.07 Å². The molecule has 1 unspecified atom stereocenters. The van der Waals surface area contributed by atoms with Gasteiger partial charge in [0, 0.05) is 18.1 Å². The van der Waals surface area contributed by atoms with E-state index in [1.807, 2.05) is 0 Å². The summed E-state index contributed by atoms with van der Waals surface area (Å²) in [5, 5.41) is 11.1. The standard InChI is InChI=1S/C14H15FN2O4/c15-10-4-2-1-3-9(10)5-8-13(19)17-11(14(20)21)6-7-12(16)18/h1-5,8,11H,6-7H2,(H2,16,18)(H,17,19)(H,20,21)/b8-5+. The predicted octanol–water partition coefficient (Wildman–Crippen LogP) is 0.674. The minimum Gasteiger partial charge on any atom is -0.480 e. The smallest absolute Gasteiger partial charge is 0.326 e. The third kappa shape index (κ3) is 5.85. The van der Waals surface area contributed by atoms with Crippen LogP contribution in [-0.2, 0) is 14.4 Å². The number of hydrogen-bond donors (Lipinski definition) is 3. The Kier molecular flexibility index (Phi) is 6.06. The Bertz CT molecular complexity index is 572. The van der Waals surface area contributed by atoms with Crippen LogP contribution < -0.4 is 11.1 Å². The lowest BCUT2D eigenvalue weighted by Gasteiger charge is -2.11. The first-order valence-electron chi connectivity index (χ1n) is 6.14. The summed E-state index contributed by atoms with van der Waals surface area (Å²) in [6, 6.07) is 4.60. The van der Waals surface area contributed by atoms with Crippen LogP contribution in [0.2, 0.25) is 0 Å². The molecule has 21 heavy (non-hydrogen) atoms. The van der Waals surface area contributed by atoms with Gasteiger partial charge in [0.25, 0.3) is 0 Å². The van der Waals surface area contributed by atoms with Gasteiger partial charge in [0.1, 0.15) is 11.9 Å². The number of carbonyl (C=O) groups excluding carboxylic acids is 2. The number of benzene rings is 1.